The van der Waals surface area contributed by atoms with Gasteiger partial charge in [0.1, 0.15) is 20.2 Å². The second kappa shape index (κ2) is 5.26. The van der Waals surface area contributed by atoms with E-state index in [0.29, 0.717) is 5.39 Å². The zero-order valence-electron chi connectivity index (χ0n) is 9.44. The normalized spacial score (nSPS) is 12.1. The fraction of sp³-hybridized carbons (Fsp3) is 0. The number of hydrogen-bond donors (Lipinski definition) is 0. The predicted octanol–water partition coefficient (Wildman–Crippen LogP) is 0.646. The van der Waals surface area contributed by atoms with Crippen LogP contribution >= 0.6 is 0 Å². The molecule has 0 saturated heterocycles. The van der Waals surface area contributed by atoms with Crippen molar-refractivity contribution in [3.05, 3.63) is 36.4 Å². The molecular formula is C10H6O6S2Zn. The van der Waals surface area contributed by atoms with Gasteiger partial charge in [0.15, 0.2) is 0 Å². The summed E-state index contributed by atoms with van der Waals surface area (Å²) in [7, 11) is -10.1. The van der Waals surface area contributed by atoms with Crippen LogP contribution in [0.3, 0.4) is 0 Å². The second-order valence-corrected chi connectivity index (χ2v) is 6.19. The van der Waals surface area contributed by atoms with E-state index in [4.69, 9.17) is 0 Å². The molecule has 0 N–H and O–H groups in total. The first-order chi connectivity index (χ1) is 8.21. The van der Waals surface area contributed by atoms with E-state index in [2.05, 4.69) is 0 Å². The molecule has 6 nitrogen and oxygen atoms in total. The molecule has 0 amide bonds. The SMILES string of the molecule is O=S(=O)([O-])c1ccc2ccccc2c1S(=O)(=O)[O-].[Zn+2]. The number of rotatable bonds is 2. The van der Waals surface area contributed by atoms with Gasteiger partial charge in [-0.2, -0.15) is 0 Å². The summed E-state index contributed by atoms with van der Waals surface area (Å²) in [6, 6.07) is 7.91. The fourth-order valence-corrected chi connectivity index (χ4v) is 3.63. The standard InChI is InChI=1S/C10H8O6S2.Zn/c11-17(12,13)9-6-5-7-3-1-2-4-8(7)10(9)18(14,15)16;/h1-6H,(H,11,12,13)(H,14,15,16);/q;+2/p-2. The van der Waals surface area contributed by atoms with Crippen LogP contribution in [-0.4, -0.2) is 25.9 Å². The molecule has 96 valence electrons. The van der Waals surface area contributed by atoms with E-state index in [-0.39, 0.29) is 24.9 Å². The molecule has 0 aliphatic carbocycles. The molecule has 2 aromatic carbocycles. The van der Waals surface area contributed by atoms with Crippen molar-refractivity contribution < 1.29 is 45.4 Å². The van der Waals surface area contributed by atoms with Crippen LogP contribution in [0.15, 0.2) is 46.2 Å². The number of benzene rings is 2. The predicted molar refractivity (Wildman–Crippen MR) is 59.9 cm³/mol. The van der Waals surface area contributed by atoms with Gasteiger partial charge in [-0.05, 0) is 11.5 Å². The quantitative estimate of drug-likeness (QED) is 0.579. The van der Waals surface area contributed by atoms with Gasteiger partial charge in [0, 0.05) is 5.39 Å². The maximum atomic E-state index is 11.2. The van der Waals surface area contributed by atoms with Gasteiger partial charge in [0.2, 0.25) is 0 Å². The minimum Gasteiger partial charge on any atom is -0.744 e. The monoisotopic (exact) mass is 350 g/mol. The molecule has 0 fully saturated rings. The van der Waals surface area contributed by atoms with Gasteiger partial charge >= 0.3 is 19.5 Å². The molecule has 0 heterocycles. The molecule has 0 bridgehead atoms. The van der Waals surface area contributed by atoms with Crippen molar-refractivity contribution in [3.8, 4) is 0 Å². The summed E-state index contributed by atoms with van der Waals surface area (Å²) in [5, 5.41) is 0.281. The van der Waals surface area contributed by atoms with E-state index in [1.54, 1.807) is 6.07 Å². The van der Waals surface area contributed by atoms with Crippen molar-refractivity contribution in [2.75, 3.05) is 0 Å². The van der Waals surface area contributed by atoms with Gasteiger partial charge in [0.25, 0.3) is 0 Å². The van der Waals surface area contributed by atoms with Crippen LogP contribution in [0.2, 0.25) is 0 Å². The molecule has 0 saturated carbocycles. The maximum Gasteiger partial charge on any atom is 2.00 e. The molecule has 0 aliphatic heterocycles. The van der Waals surface area contributed by atoms with Crippen molar-refractivity contribution in [2.45, 2.75) is 9.79 Å². The van der Waals surface area contributed by atoms with Gasteiger partial charge in [-0.25, -0.2) is 16.8 Å². The molecule has 0 aliphatic rings. The average molecular weight is 352 g/mol. The Morgan fingerprint density at radius 2 is 1.37 bits per heavy atom. The molecular weight excluding hydrogens is 346 g/mol. The molecule has 2 aromatic rings. The Morgan fingerprint density at radius 3 is 1.89 bits per heavy atom. The molecule has 19 heavy (non-hydrogen) atoms. The van der Waals surface area contributed by atoms with Gasteiger partial charge in [-0.1, -0.05) is 30.3 Å². The average Bonchev–Trinajstić information content (AvgIpc) is 2.24. The summed E-state index contributed by atoms with van der Waals surface area (Å²) < 4.78 is 66.4. The summed E-state index contributed by atoms with van der Waals surface area (Å²) >= 11 is 0. The Balaban J connectivity index is 0.00000180. The van der Waals surface area contributed by atoms with Gasteiger partial charge < -0.3 is 9.11 Å². The van der Waals surface area contributed by atoms with Crippen molar-refractivity contribution in [1.82, 2.24) is 0 Å². The summed E-state index contributed by atoms with van der Waals surface area (Å²) in [6.07, 6.45) is 0. The summed E-state index contributed by atoms with van der Waals surface area (Å²) in [5.74, 6) is 0. The Bertz CT molecular complexity index is 826. The number of hydrogen-bond acceptors (Lipinski definition) is 6. The van der Waals surface area contributed by atoms with Crippen molar-refractivity contribution in [3.63, 3.8) is 0 Å². The van der Waals surface area contributed by atoms with E-state index < -0.39 is 30.0 Å². The fourth-order valence-electron chi connectivity index (χ4n) is 1.68. The smallest absolute Gasteiger partial charge is 0.744 e. The summed E-state index contributed by atoms with van der Waals surface area (Å²) in [6.45, 7) is 0. The second-order valence-electron chi connectivity index (χ2n) is 3.52. The minimum absolute atomic E-state index is 0. The van der Waals surface area contributed by atoms with E-state index in [9.17, 15) is 25.9 Å². The largest absolute Gasteiger partial charge is 2.00 e. The first-order valence-corrected chi connectivity index (χ1v) is 7.46. The van der Waals surface area contributed by atoms with E-state index in [1.807, 2.05) is 0 Å². The Hall–Kier alpha value is -0.857. The third-order valence-electron chi connectivity index (χ3n) is 2.36. The van der Waals surface area contributed by atoms with Crippen LogP contribution in [0.4, 0.5) is 0 Å². The number of fused-ring (bicyclic) bond motifs is 1. The van der Waals surface area contributed by atoms with E-state index in [1.165, 1.54) is 24.3 Å². The van der Waals surface area contributed by atoms with Crippen molar-refractivity contribution in [2.24, 2.45) is 0 Å². The van der Waals surface area contributed by atoms with Crippen LogP contribution in [0.5, 0.6) is 0 Å². The molecule has 0 aromatic heterocycles. The summed E-state index contributed by atoms with van der Waals surface area (Å²) in [4.78, 5) is -2.01. The first-order valence-electron chi connectivity index (χ1n) is 4.65. The third kappa shape index (κ3) is 3.18. The molecule has 0 radical (unpaired) electrons. The van der Waals surface area contributed by atoms with Crippen molar-refractivity contribution >= 4 is 31.0 Å². The van der Waals surface area contributed by atoms with E-state index in [0.717, 1.165) is 6.07 Å². The van der Waals surface area contributed by atoms with Gasteiger partial charge in [-0.3, -0.25) is 0 Å². The van der Waals surface area contributed by atoms with Gasteiger partial charge in [-0.15, -0.1) is 0 Å². The first kappa shape index (κ1) is 16.2. The molecule has 0 spiro atoms. The molecule has 0 atom stereocenters. The van der Waals surface area contributed by atoms with Crippen LogP contribution in [-0.2, 0) is 39.7 Å². The Morgan fingerprint density at radius 1 is 0.789 bits per heavy atom. The Labute approximate surface area is 122 Å². The van der Waals surface area contributed by atoms with E-state index >= 15 is 0 Å². The molecule has 2 rings (SSSR count). The van der Waals surface area contributed by atoms with Crippen LogP contribution < -0.4 is 0 Å². The van der Waals surface area contributed by atoms with Crippen LogP contribution in [0.1, 0.15) is 0 Å². The summed E-state index contributed by atoms with van der Waals surface area (Å²) in [5.41, 5.74) is 0. The van der Waals surface area contributed by atoms with Gasteiger partial charge in [0.05, 0.1) is 9.79 Å². The Kier molecular flexibility index (Phi) is 4.48. The zero-order valence-corrected chi connectivity index (χ0v) is 14.0. The third-order valence-corrected chi connectivity index (χ3v) is 4.31. The van der Waals surface area contributed by atoms with Crippen molar-refractivity contribution in [1.29, 1.82) is 0 Å². The molecule has 0 unspecified atom stereocenters. The molecule has 9 heteroatoms. The minimum atomic E-state index is -5.07. The maximum absolute atomic E-state index is 11.2. The van der Waals surface area contributed by atoms with Crippen LogP contribution in [0.25, 0.3) is 10.8 Å². The topological polar surface area (TPSA) is 114 Å². The van der Waals surface area contributed by atoms with Crippen LogP contribution in [0, 0.1) is 0 Å². The zero-order chi connectivity index (χ0) is 13.6.